The maximum atomic E-state index is 13.9. The van der Waals surface area contributed by atoms with Gasteiger partial charge in [0.2, 0.25) is 5.60 Å². The third-order valence-electron chi connectivity index (χ3n) is 4.34. The Labute approximate surface area is 140 Å². The first kappa shape index (κ1) is 16.9. The van der Waals surface area contributed by atoms with Gasteiger partial charge in [0.15, 0.2) is 0 Å². The molecule has 1 fully saturated rings. The minimum Gasteiger partial charge on any atom is -0.379 e. The molecule has 2 aliphatic rings. The van der Waals surface area contributed by atoms with Crippen molar-refractivity contribution in [3.8, 4) is 0 Å². The number of halogens is 1. The Hall–Kier alpha value is -1.99. The van der Waals surface area contributed by atoms with Crippen LogP contribution < -0.4 is 5.32 Å². The summed E-state index contributed by atoms with van der Waals surface area (Å²) in [6, 6.07) is 6.36. The highest BCUT2D eigenvalue weighted by atomic mass is 19.1. The molecule has 1 amide bonds. The van der Waals surface area contributed by atoms with E-state index in [-0.39, 0.29) is 18.1 Å². The van der Waals surface area contributed by atoms with E-state index in [4.69, 9.17) is 9.57 Å². The van der Waals surface area contributed by atoms with Crippen LogP contribution in [0.1, 0.15) is 18.9 Å². The Morgan fingerprint density at radius 3 is 2.88 bits per heavy atom. The van der Waals surface area contributed by atoms with Gasteiger partial charge in [-0.2, -0.15) is 0 Å². The number of carbonyl (C=O) groups excluding carboxylic acids is 1. The Bertz CT molecular complexity index is 631. The molecule has 24 heavy (non-hydrogen) atoms. The lowest BCUT2D eigenvalue weighted by Crippen LogP contribution is -2.48. The van der Waals surface area contributed by atoms with E-state index >= 15 is 0 Å². The summed E-state index contributed by atoms with van der Waals surface area (Å²) in [6.07, 6.45) is 0.247. The van der Waals surface area contributed by atoms with Crippen LogP contribution in [0.25, 0.3) is 0 Å². The summed E-state index contributed by atoms with van der Waals surface area (Å²) in [6.45, 7) is 6.20. The minimum atomic E-state index is -1.09. The SMILES string of the molecule is C[C@@]1(C(=O)NCCN2CCOCC2)CC(c2ccccc2F)=NO1. The Balaban J connectivity index is 1.51. The lowest BCUT2D eigenvalue weighted by atomic mass is 9.95. The zero-order chi connectivity index (χ0) is 17.0. The van der Waals surface area contributed by atoms with E-state index < -0.39 is 5.60 Å². The molecule has 7 heteroatoms. The Morgan fingerprint density at radius 1 is 1.38 bits per heavy atom. The van der Waals surface area contributed by atoms with Gasteiger partial charge in [0, 0.05) is 38.2 Å². The van der Waals surface area contributed by atoms with Crippen molar-refractivity contribution in [2.75, 3.05) is 39.4 Å². The molecule has 6 nitrogen and oxygen atoms in total. The van der Waals surface area contributed by atoms with Gasteiger partial charge < -0.3 is 14.9 Å². The third kappa shape index (κ3) is 3.73. The highest BCUT2D eigenvalue weighted by molar-refractivity contribution is 6.05. The lowest BCUT2D eigenvalue weighted by molar-refractivity contribution is -0.141. The fourth-order valence-electron chi connectivity index (χ4n) is 2.84. The molecule has 2 aliphatic heterocycles. The summed E-state index contributed by atoms with van der Waals surface area (Å²) in [5, 5.41) is 6.81. The van der Waals surface area contributed by atoms with Crippen LogP contribution in [-0.2, 0) is 14.4 Å². The molecule has 2 heterocycles. The van der Waals surface area contributed by atoms with Crippen LogP contribution in [0, 0.1) is 5.82 Å². The summed E-state index contributed by atoms with van der Waals surface area (Å²) < 4.78 is 19.1. The fourth-order valence-corrected chi connectivity index (χ4v) is 2.84. The average Bonchev–Trinajstić information content (AvgIpc) is 3.00. The normalized spacial score (nSPS) is 24.3. The van der Waals surface area contributed by atoms with Crippen LogP contribution in [0.4, 0.5) is 4.39 Å². The molecule has 1 N–H and O–H groups in total. The molecule has 0 radical (unpaired) electrons. The van der Waals surface area contributed by atoms with Crippen molar-refractivity contribution in [3.63, 3.8) is 0 Å². The maximum absolute atomic E-state index is 13.9. The van der Waals surface area contributed by atoms with E-state index in [0.29, 0.717) is 17.8 Å². The molecule has 0 aliphatic carbocycles. The van der Waals surface area contributed by atoms with Crippen molar-refractivity contribution >= 4 is 11.6 Å². The van der Waals surface area contributed by atoms with E-state index in [1.807, 2.05) is 0 Å². The molecular formula is C17H22FN3O3. The molecule has 1 aromatic rings. The second-order valence-electron chi connectivity index (χ2n) is 6.23. The van der Waals surface area contributed by atoms with Gasteiger partial charge in [-0.25, -0.2) is 4.39 Å². The zero-order valence-electron chi connectivity index (χ0n) is 13.8. The average molecular weight is 335 g/mol. The molecule has 0 saturated carbocycles. The molecule has 0 spiro atoms. The highest BCUT2D eigenvalue weighted by Crippen LogP contribution is 2.27. The molecule has 3 rings (SSSR count). The molecule has 130 valence electrons. The number of nitrogens with one attached hydrogen (secondary N) is 1. The standard InChI is InChI=1S/C17H22FN3O3/c1-17(16(22)19-6-7-21-8-10-23-11-9-21)12-15(20-24-17)13-4-2-3-5-14(13)18/h2-5H,6-12H2,1H3,(H,19,22)/t17-/m0/s1. The number of benzene rings is 1. The maximum Gasteiger partial charge on any atom is 0.267 e. The summed E-state index contributed by atoms with van der Waals surface area (Å²) in [5.74, 6) is -0.595. The fraction of sp³-hybridized carbons (Fsp3) is 0.529. The van der Waals surface area contributed by atoms with Crippen LogP contribution >= 0.6 is 0 Å². The van der Waals surface area contributed by atoms with Crippen LogP contribution in [0.3, 0.4) is 0 Å². The number of morpholine rings is 1. The zero-order valence-corrected chi connectivity index (χ0v) is 13.8. The van der Waals surface area contributed by atoms with E-state index in [1.165, 1.54) is 6.07 Å². The number of rotatable bonds is 5. The molecule has 1 atom stereocenters. The van der Waals surface area contributed by atoms with Crippen LogP contribution in [0.15, 0.2) is 29.4 Å². The van der Waals surface area contributed by atoms with Crippen LogP contribution in [0.2, 0.25) is 0 Å². The van der Waals surface area contributed by atoms with E-state index in [0.717, 1.165) is 32.8 Å². The van der Waals surface area contributed by atoms with Gasteiger partial charge in [-0.1, -0.05) is 23.4 Å². The quantitative estimate of drug-likeness (QED) is 0.877. The summed E-state index contributed by atoms with van der Waals surface area (Å²) >= 11 is 0. The van der Waals surface area contributed by atoms with Crippen molar-refractivity contribution in [2.45, 2.75) is 18.9 Å². The lowest BCUT2D eigenvalue weighted by Gasteiger charge is -2.27. The molecule has 1 saturated heterocycles. The van der Waals surface area contributed by atoms with Gasteiger partial charge in [0.1, 0.15) is 5.82 Å². The molecule has 0 aromatic heterocycles. The smallest absolute Gasteiger partial charge is 0.267 e. The van der Waals surface area contributed by atoms with Crippen molar-refractivity contribution in [3.05, 3.63) is 35.6 Å². The number of ether oxygens (including phenoxy) is 1. The summed E-state index contributed by atoms with van der Waals surface area (Å²) in [4.78, 5) is 20.0. The van der Waals surface area contributed by atoms with Crippen molar-refractivity contribution in [2.24, 2.45) is 5.16 Å². The minimum absolute atomic E-state index is 0.231. The van der Waals surface area contributed by atoms with Crippen molar-refractivity contribution < 1.29 is 18.8 Å². The van der Waals surface area contributed by atoms with E-state index in [1.54, 1.807) is 25.1 Å². The molecule has 0 unspecified atom stereocenters. The second kappa shape index (κ2) is 7.27. The first-order valence-electron chi connectivity index (χ1n) is 8.17. The van der Waals surface area contributed by atoms with Gasteiger partial charge in [-0.05, 0) is 13.0 Å². The van der Waals surface area contributed by atoms with Crippen LogP contribution in [-0.4, -0.2) is 61.5 Å². The second-order valence-corrected chi connectivity index (χ2v) is 6.23. The summed E-state index contributed by atoms with van der Waals surface area (Å²) in [7, 11) is 0. The number of hydrogen-bond donors (Lipinski definition) is 1. The van der Waals surface area contributed by atoms with Crippen molar-refractivity contribution in [1.29, 1.82) is 0 Å². The first-order valence-corrected chi connectivity index (χ1v) is 8.17. The first-order chi connectivity index (χ1) is 11.6. The van der Waals surface area contributed by atoms with Gasteiger partial charge in [0.25, 0.3) is 5.91 Å². The third-order valence-corrected chi connectivity index (χ3v) is 4.34. The number of hydrogen-bond acceptors (Lipinski definition) is 5. The van der Waals surface area contributed by atoms with E-state index in [2.05, 4.69) is 15.4 Å². The number of carbonyl (C=O) groups is 1. The monoisotopic (exact) mass is 335 g/mol. The van der Waals surface area contributed by atoms with Gasteiger partial charge >= 0.3 is 0 Å². The largest absolute Gasteiger partial charge is 0.379 e. The predicted octanol–water partition coefficient (Wildman–Crippen LogP) is 1.16. The topological polar surface area (TPSA) is 63.2 Å². The van der Waals surface area contributed by atoms with E-state index in [9.17, 15) is 9.18 Å². The molecule has 0 bridgehead atoms. The van der Waals surface area contributed by atoms with Crippen molar-refractivity contribution in [1.82, 2.24) is 10.2 Å². The number of nitrogens with zero attached hydrogens (tertiary/aromatic N) is 2. The Morgan fingerprint density at radius 2 is 2.12 bits per heavy atom. The van der Waals surface area contributed by atoms with Gasteiger partial charge in [0.05, 0.1) is 18.9 Å². The molecular weight excluding hydrogens is 313 g/mol. The number of amides is 1. The number of oxime groups is 1. The molecule has 1 aromatic carbocycles. The van der Waals surface area contributed by atoms with Gasteiger partial charge in [-0.3, -0.25) is 9.69 Å². The van der Waals surface area contributed by atoms with Gasteiger partial charge in [-0.15, -0.1) is 0 Å². The predicted molar refractivity (Wildman–Crippen MR) is 87.3 cm³/mol. The van der Waals surface area contributed by atoms with Crippen LogP contribution in [0.5, 0.6) is 0 Å². The Kier molecular flexibility index (Phi) is 5.11. The summed E-state index contributed by atoms with van der Waals surface area (Å²) in [5.41, 5.74) is -0.260. The highest BCUT2D eigenvalue weighted by Gasteiger charge is 2.42.